The number of hydrogen-bond donors (Lipinski definition) is 2. The second kappa shape index (κ2) is 6.06. The number of nitrogens with zero attached hydrogens (tertiary/aromatic N) is 1. The molecule has 19 heavy (non-hydrogen) atoms. The average molecular weight is 261 g/mol. The molecule has 1 unspecified atom stereocenters. The molecule has 0 saturated carbocycles. The highest BCUT2D eigenvalue weighted by molar-refractivity contribution is 5.94. The van der Waals surface area contributed by atoms with Crippen LogP contribution in [-0.2, 0) is 0 Å². The Labute approximate surface area is 115 Å². The van der Waals surface area contributed by atoms with Gasteiger partial charge in [0, 0.05) is 29.9 Å². The highest BCUT2D eigenvalue weighted by atomic mass is 16.1. The molecule has 1 heterocycles. The largest absolute Gasteiger partial charge is 0.381 e. The Morgan fingerprint density at radius 3 is 2.53 bits per heavy atom. The Balaban J connectivity index is 1.93. The maximum absolute atomic E-state index is 11.8. The molecule has 0 aromatic heterocycles. The SMILES string of the molecule is CC(C)NC(=O)c1ccc(NC2CCN(C)C2)cc1. The lowest BCUT2D eigenvalue weighted by molar-refractivity contribution is 0.0943. The Kier molecular flexibility index (Phi) is 4.43. The van der Waals surface area contributed by atoms with E-state index >= 15 is 0 Å². The van der Waals surface area contributed by atoms with Crippen molar-refractivity contribution in [1.29, 1.82) is 0 Å². The molecule has 4 heteroatoms. The molecule has 2 rings (SSSR count). The molecule has 1 fully saturated rings. The zero-order chi connectivity index (χ0) is 13.8. The summed E-state index contributed by atoms with van der Waals surface area (Å²) >= 11 is 0. The molecule has 4 nitrogen and oxygen atoms in total. The summed E-state index contributed by atoms with van der Waals surface area (Å²) in [5.74, 6) is -0.0119. The van der Waals surface area contributed by atoms with Crippen LogP contribution in [-0.4, -0.2) is 43.0 Å². The standard InChI is InChI=1S/C15H23N3O/c1-11(2)16-15(19)12-4-6-13(7-5-12)17-14-8-9-18(3)10-14/h4-7,11,14,17H,8-10H2,1-3H3,(H,16,19). The molecule has 1 aromatic carbocycles. The zero-order valence-corrected chi connectivity index (χ0v) is 11.9. The topological polar surface area (TPSA) is 44.4 Å². The van der Waals surface area contributed by atoms with E-state index in [0.717, 1.165) is 18.8 Å². The third kappa shape index (κ3) is 3.96. The fourth-order valence-corrected chi connectivity index (χ4v) is 2.35. The molecule has 1 atom stereocenters. The molecule has 0 aliphatic carbocycles. The van der Waals surface area contributed by atoms with Gasteiger partial charge in [-0.25, -0.2) is 0 Å². The molecule has 2 N–H and O–H groups in total. The van der Waals surface area contributed by atoms with E-state index in [0.29, 0.717) is 11.6 Å². The molecule has 0 radical (unpaired) electrons. The van der Waals surface area contributed by atoms with Crippen LogP contribution in [0.15, 0.2) is 24.3 Å². The molecule has 1 aromatic rings. The number of rotatable bonds is 4. The van der Waals surface area contributed by atoms with Crippen molar-refractivity contribution >= 4 is 11.6 Å². The summed E-state index contributed by atoms with van der Waals surface area (Å²) in [6.45, 7) is 6.15. The third-order valence-corrected chi connectivity index (χ3v) is 3.33. The maximum Gasteiger partial charge on any atom is 0.251 e. The number of benzene rings is 1. The van der Waals surface area contributed by atoms with Crippen LogP contribution < -0.4 is 10.6 Å². The van der Waals surface area contributed by atoms with E-state index < -0.39 is 0 Å². The molecule has 1 aliphatic heterocycles. The number of amides is 1. The molecule has 1 saturated heterocycles. The summed E-state index contributed by atoms with van der Waals surface area (Å²) in [6.07, 6.45) is 1.17. The number of nitrogens with one attached hydrogen (secondary N) is 2. The van der Waals surface area contributed by atoms with Gasteiger partial charge in [-0.1, -0.05) is 0 Å². The minimum atomic E-state index is -0.0119. The smallest absolute Gasteiger partial charge is 0.251 e. The van der Waals surface area contributed by atoms with Crippen molar-refractivity contribution < 1.29 is 4.79 Å². The summed E-state index contributed by atoms with van der Waals surface area (Å²) in [7, 11) is 2.14. The Morgan fingerprint density at radius 1 is 1.32 bits per heavy atom. The Morgan fingerprint density at radius 2 is 2.00 bits per heavy atom. The monoisotopic (exact) mass is 261 g/mol. The predicted octanol–water partition coefficient (Wildman–Crippen LogP) is 1.94. The van der Waals surface area contributed by atoms with Crippen molar-refractivity contribution in [3.05, 3.63) is 29.8 Å². The number of likely N-dealkylation sites (tertiary alicyclic amines) is 1. The first-order valence-corrected chi connectivity index (χ1v) is 6.90. The lowest BCUT2D eigenvalue weighted by Gasteiger charge is -2.14. The lowest BCUT2D eigenvalue weighted by atomic mass is 10.1. The minimum absolute atomic E-state index is 0.0119. The predicted molar refractivity (Wildman–Crippen MR) is 78.6 cm³/mol. The molecule has 0 bridgehead atoms. The van der Waals surface area contributed by atoms with Crippen LogP contribution in [0.4, 0.5) is 5.69 Å². The van der Waals surface area contributed by atoms with Gasteiger partial charge in [0.25, 0.3) is 5.91 Å². The van der Waals surface area contributed by atoms with Crippen LogP contribution in [0.2, 0.25) is 0 Å². The second-order valence-electron chi connectivity index (χ2n) is 5.60. The van der Waals surface area contributed by atoms with Crippen LogP contribution in [0.5, 0.6) is 0 Å². The van der Waals surface area contributed by atoms with E-state index in [4.69, 9.17) is 0 Å². The first kappa shape index (κ1) is 13.9. The number of hydrogen-bond acceptors (Lipinski definition) is 3. The van der Waals surface area contributed by atoms with Crippen molar-refractivity contribution in [3.63, 3.8) is 0 Å². The van der Waals surface area contributed by atoms with Gasteiger partial charge < -0.3 is 15.5 Å². The van der Waals surface area contributed by atoms with E-state index in [1.54, 1.807) is 0 Å². The van der Waals surface area contributed by atoms with Crippen molar-refractivity contribution in [3.8, 4) is 0 Å². The van der Waals surface area contributed by atoms with Crippen molar-refractivity contribution in [2.75, 3.05) is 25.5 Å². The second-order valence-corrected chi connectivity index (χ2v) is 5.60. The fraction of sp³-hybridized carbons (Fsp3) is 0.533. The Bertz CT molecular complexity index is 428. The molecule has 0 spiro atoms. The van der Waals surface area contributed by atoms with E-state index in [1.807, 2.05) is 38.1 Å². The maximum atomic E-state index is 11.8. The first-order chi connectivity index (χ1) is 9.04. The third-order valence-electron chi connectivity index (χ3n) is 3.33. The van der Waals surface area contributed by atoms with Crippen molar-refractivity contribution in [2.45, 2.75) is 32.4 Å². The highest BCUT2D eigenvalue weighted by Crippen LogP contribution is 2.15. The van der Waals surface area contributed by atoms with Crippen LogP contribution in [0.25, 0.3) is 0 Å². The molecule has 104 valence electrons. The van der Waals surface area contributed by atoms with Gasteiger partial charge in [0.15, 0.2) is 0 Å². The van der Waals surface area contributed by atoms with Gasteiger partial charge >= 0.3 is 0 Å². The van der Waals surface area contributed by atoms with E-state index in [9.17, 15) is 4.79 Å². The quantitative estimate of drug-likeness (QED) is 0.870. The Hall–Kier alpha value is -1.55. The molecular formula is C15H23N3O. The summed E-state index contributed by atoms with van der Waals surface area (Å²) in [5.41, 5.74) is 1.80. The van der Waals surface area contributed by atoms with Gasteiger partial charge in [-0.3, -0.25) is 4.79 Å². The zero-order valence-electron chi connectivity index (χ0n) is 11.9. The fourth-order valence-electron chi connectivity index (χ4n) is 2.35. The van der Waals surface area contributed by atoms with Gasteiger partial charge in [0.1, 0.15) is 0 Å². The summed E-state index contributed by atoms with van der Waals surface area (Å²) in [4.78, 5) is 14.1. The average Bonchev–Trinajstić information content (AvgIpc) is 2.75. The molecule has 1 aliphatic rings. The van der Waals surface area contributed by atoms with Crippen LogP contribution in [0.1, 0.15) is 30.6 Å². The number of likely N-dealkylation sites (N-methyl/N-ethyl adjacent to an activating group) is 1. The van der Waals surface area contributed by atoms with E-state index in [2.05, 4.69) is 22.6 Å². The number of anilines is 1. The van der Waals surface area contributed by atoms with E-state index in [-0.39, 0.29) is 11.9 Å². The number of carbonyl (C=O) groups is 1. The number of carbonyl (C=O) groups excluding carboxylic acids is 1. The van der Waals surface area contributed by atoms with E-state index in [1.165, 1.54) is 6.42 Å². The first-order valence-electron chi connectivity index (χ1n) is 6.90. The van der Waals surface area contributed by atoms with Crippen LogP contribution in [0, 0.1) is 0 Å². The highest BCUT2D eigenvalue weighted by Gasteiger charge is 2.18. The van der Waals surface area contributed by atoms with Crippen LogP contribution >= 0.6 is 0 Å². The van der Waals surface area contributed by atoms with Gasteiger partial charge in [-0.2, -0.15) is 0 Å². The summed E-state index contributed by atoms with van der Waals surface area (Å²) in [5, 5.41) is 6.40. The summed E-state index contributed by atoms with van der Waals surface area (Å²) in [6, 6.07) is 8.39. The van der Waals surface area contributed by atoms with Gasteiger partial charge in [0.2, 0.25) is 0 Å². The van der Waals surface area contributed by atoms with Gasteiger partial charge in [-0.05, 0) is 58.1 Å². The van der Waals surface area contributed by atoms with Gasteiger partial charge in [0.05, 0.1) is 0 Å². The van der Waals surface area contributed by atoms with Crippen molar-refractivity contribution in [2.24, 2.45) is 0 Å². The minimum Gasteiger partial charge on any atom is -0.381 e. The molecule has 1 amide bonds. The van der Waals surface area contributed by atoms with Crippen molar-refractivity contribution in [1.82, 2.24) is 10.2 Å². The summed E-state index contributed by atoms with van der Waals surface area (Å²) < 4.78 is 0. The lowest BCUT2D eigenvalue weighted by Crippen LogP contribution is -2.30. The van der Waals surface area contributed by atoms with Gasteiger partial charge in [-0.15, -0.1) is 0 Å². The molecular weight excluding hydrogens is 238 g/mol. The normalized spacial score (nSPS) is 19.7. The van der Waals surface area contributed by atoms with Crippen LogP contribution in [0.3, 0.4) is 0 Å².